The van der Waals surface area contributed by atoms with Crippen LogP contribution in [-0.4, -0.2) is 16.4 Å². The van der Waals surface area contributed by atoms with E-state index >= 15 is 0 Å². The third-order valence-corrected chi connectivity index (χ3v) is 5.46. The number of hydrogen-bond acceptors (Lipinski definition) is 2. The molecule has 1 aliphatic heterocycles. The summed E-state index contributed by atoms with van der Waals surface area (Å²) in [7, 11) is 0. The molecular formula is C19H27FO2. The third-order valence-electron chi connectivity index (χ3n) is 5.46. The zero-order valence-corrected chi connectivity index (χ0v) is 14.1. The molecule has 0 bridgehead atoms. The third kappa shape index (κ3) is 2.59. The van der Waals surface area contributed by atoms with Gasteiger partial charge in [-0.2, -0.15) is 0 Å². The van der Waals surface area contributed by atoms with E-state index < -0.39 is 5.67 Å². The second-order valence-electron chi connectivity index (χ2n) is 7.85. The monoisotopic (exact) mass is 306 g/mol. The number of phenols is 1. The fraction of sp³-hybridized carbons (Fsp3) is 0.684. The van der Waals surface area contributed by atoms with E-state index in [0.29, 0.717) is 12.8 Å². The number of aryl methyl sites for hydroxylation is 1. The quantitative estimate of drug-likeness (QED) is 0.821. The normalized spacial score (nSPS) is 32.8. The summed E-state index contributed by atoms with van der Waals surface area (Å²) in [4.78, 5) is 0. The number of benzene rings is 1. The van der Waals surface area contributed by atoms with Crippen LogP contribution in [-0.2, 0) is 6.42 Å². The van der Waals surface area contributed by atoms with Gasteiger partial charge in [0, 0.05) is 17.4 Å². The molecule has 3 heteroatoms. The maximum atomic E-state index is 14.6. The summed E-state index contributed by atoms with van der Waals surface area (Å²) in [6.07, 6.45) is 3.79. The van der Waals surface area contributed by atoms with E-state index in [1.807, 2.05) is 12.1 Å². The van der Waals surface area contributed by atoms with Crippen molar-refractivity contribution in [2.24, 2.45) is 5.92 Å². The predicted molar refractivity (Wildman–Crippen MR) is 86.4 cm³/mol. The molecule has 2 nitrogen and oxygen atoms in total. The number of phenolic OH excluding ortho intramolecular Hbond substituents is 1. The van der Waals surface area contributed by atoms with E-state index in [0.717, 1.165) is 36.1 Å². The maximum Gasteiger partial charge on any atom is 0.127 e. The van der Waals surface area contributed by atoms with E-state index in [-0.39, 0.29) is 23.2 Å². The van der Waals surface area contributed by atoms with Crippen LogP contribution in [0.3, 0.4) is 0 Å². The summed E-state index contributed by atoms with van der Waals surface area (Å²) in [5.74, 6) is 1.33. The first-order valence-corrected chi connectivity index (χ1v) is 8.47. The molecule has 122 valence electrons. The molecule has 0 amide bonds. The van der Waals surface area contributed by atoms with Crippen molar-refractivity contribution in [3.05, 3.63) is 23.3 Å². The van der Waals surface area contributed by atoms with Crippen molar-refractivity contribution in [2.45, 2.75) is 77.0 Å². The van der Waals surface area contributed by atoms with Gasteiger partial charge < -0.3 is 9.84 Å². The number of halogens is 1. The number of fused-ring (bicyclic) bond motifs is 3. The van der Waals surface area contributed by atoms with Gasteiger partial charge in [0.1, 0.15) is 22.8 Å². The Morgan fingerprint density at radius 2 is 2.05 bits per heavy atom. The number of aromatic hydroxyl groups is 1. The molecule has 0 aromatic heterocycles. The predicted octanol–water partition coefficient (Wildman–Crippen LogP) is 5.13. The van der Waals surface area contributed by atoms with Gasteiger partial charge in [0.05, 0.1) is 0 Å². The summed E-state index contributed by atoms with van der Waals surface area (Å²) in [6, 6.07) is 3.88. The molecule has 22 heavy (non-hydrogen) atoms. The molecule has 0 saturated heterocycles. The van der Waals surface area contributed by atoms with E-state index in [2.05, 4.69) is 20.8 Å². The Hall–Kier alpha value is -1.25. The van der Waals surface area contributed by atoms with Crippen LogP contribution >= 0.6 is 0 Å². The zero-order valence-electron chi connectivity index (χ0n) is 14.1. The minimum atomic E-state index is -1.15. The molecule has 0 unspecified atom stereocenters. The van der Waals surface area contributed by atoms with Gasteiger partial charge in [-0.3, -0.25) is 0 Å². The molecule has 0 spiro atoms. The highest BCUT2D eigenvalue weighted by Gasteiger charge is 2.50. The summed E-state index contributed by atoms with van der Waals surface area (Å²) < 4.78 is 20.8. The van der Waals surface area contributed by atoms with Crippen LogP contribution in [0.2, 0.25) is 0 Å². The van der Waals surface area contributed by atoms with Crippen molar-refractivity contribution in [3.63, 3.8) is 0 Å². The van der Waals surface area contributed by atoms with E-state index in [1.54, 1.807) is 6.92 Å². The average molecular weight is 306 g/mol. The van der Waals surface area contributed by atoms with Gasteiger partial charge in [0.2, 0.25) is 0 Å². The topological polar surface area (TPSA) is 29.5 Å². The van der Waals surface area contributed by atoms with E-state index in [9.17, 15) is 9.50 Å². The van der Waals surface area contributed by atoms with Crippen LogP contribution in [0.4, 0.5) is 4.39 Å². The van der Waals surface area contributed by atoms with Crippen LogP contribution < -0.4 is 4.74 Å². The summed E-state index contributed by atoms with van der Waals surface area (Å²) in [5.41, 5.74) is 0.450. The summed E-state index contributed by atoms with van der Waals surface area (Å²) >= 11 is 0. The molecule has 2 aliphatic rings. The SMILES string of the molecule is CCCc1cc(O)c2c(c1)OC(C)(C)[C@@H]1CC[C@@](C)(F)C[C@@H]21. The van der Waals surface area contributed by atoms with Gasteiger partial charge in [-0.25, -0.2) is 4.39 Å². The van der Waals surface area contributed by atoms with E-state index in [1.165, 1.54) is 0 Å². The first-order chi connectivity index (χ1) is 10.2. The number of rotatable bonds is 2. The Morgan fingerprint density at radius 3 is 2.73 bits per heavy atom. The van der Waals surface area contributed by atoms with E-state index in [4.69, 9.17) is 4.74 Å². The largest absolute Gasteiger partial charge is 0.508 e. The lowest BCUT2D eigenvalue weighted by Gasteiger charge is -2.50. The highest BCUT2D eigenvalue weighted by atomic mass is 19.1. The molecule has 1 aromatic rings. The van der Waals surface area contributed by atoms with Crippen LogP contribution in [0.5, 0.6) is 11.5 Å². The van der Waals surface area contributed by atoms with Gasteiger partial charge in [0.25, 0.3) is 0 Å². The molecule has 1 aromatic carbocycles. The Labute approximate surface area is 132 Å². The second kappa shape index (κ2) is 5.14. The second-order valence-corrected chi connectivity index (χ2v) is 7.85. The molecule has 0 radical (unpaired) electrons. The number of hydrogen-bond donors (Lipinski definition) is 1. The fourth-order valence-electron chi connectivity index (χ4n) is 4.41. The van der Waals surface area contributed by atoms with Crippen LogP contribution in [0.1, 0.15) is 70.4 Å². The molecule has 1 aliphatic carbocycles. The molecule has 1 saturated carbocycles. The minimum absolute atomic E-state index is 0.0400. The smallest absolute Gasteiger partial charge is 0.127 e. The lowest BCUT2D eigenvalue weighted by atomic mass is 9.63. The zero-order chi connectivity index (χ0) is 16.1. The number of ether oxygens (including phenoxy) is 1. The van der Waals surface area contributed by atoms with Crippen LogP contribution in [0, 0.1) is 5.92 Å². The highest BCUT2D eigenvalue weighted by molar-refractivity contribution is 5.52. The Morgan fingerprint density at radius 1 is 1.32 bits per heavy atom. The number of alkyl halides is 1. The Bertz CT molecular complexity index is 577. The Balaban J connectivity index is 2.08. The van der Waals surface area contributed by atoms with Crippen LogP contribution in [0.15, 0.2) is 12.1 Å². The lowest BCUT2D eigenvalue weighted by Crippen LogP contribution is -2.49. The van der Waals surface area contributed by atoms with Gasteiger partial charge in [-0.05, 0) is 64.2 Å². The Kier molecular flexibility index (Phi) is 3.65. The van der Waals surface area contributed by atoms with Crippen molar-refractivity contribution in [2.75, 3.05) is 0 Å². The van der Waals surface area contributed by atoms with Crippen molar-refractivity contribution in [1.82, 2.24) is 0 Å². The van der Waals surface area contributed by atoms with Crippen molar-refractivity contribution < 1.29 is 14.2 Å². The lowest BCUT2D eigenvalue weighted by molar-refractivity contribution is -0.0382. The summed E-state index contributed by atoms with van der Waals surface area (Å²) in [6.45, 7) is 8.00. The minimum Gasteiger partial charge on any atom is -0.508 e. The summed E-state index contributed by atoms with van der Waals surface area (Å²) in [5, 5.41) is 10.5. The molecule has 1 heterocycles. The molecular weight excluding hydrogens is 279 g/mol. The van der Waals surface area contributed by atoms with Crippen molar-refractivity contribution in [1.29, 1.82) is 0 Å². The standard InChI is InChI=1S/C19H27FO2/c1-5-6-12-9-15(21)17-13-11-19(4,20)8-7-14(13)18(2,3)22-16(17)10-12/h9-10,13-14,21H,5-8,11H2,1-4H3/t13-,14-,19-/m1/s1. The molecule has 1 fully saturated rings. The fourth-order valence-corrected chi connectivity index (χ4v) is 4.41. The van der Waals surface area contributed by atoms with Crippen molar-refractivity contribution in [3.8, 4) is 11.5 Å². The van der Waals surface area contributed by atoms with Gasteiger partial charge in [0.15, 0.2) is 0 Å². The average Bonchev–Trinajstić information content (AvgIpc) is 2.35. The van der Waals surface area contributed by atoms with Crippen molar-refractivity contribution >= 4 is 0 Å². The van der Waals surface area contributed by atoms with Crippen LogP contribution in [0.25, 0.3) is 0 Å². The van der Waals surface area contributed by atoms with Gasteiger partial charge in [-0.1, -0.05) is 13.3 Å². The first-order valence-electron chi connectivity index (χ1n) is 8.47. The molecule has 3 atom stereocenters. The highest BCUT2D eigenvalue weighted by Crippen LogP contribution is 2.56. The van der Waals surface area contributed by atoms with Gasteiger partial charge >= 0.3 is 0 Å². The molecule has 1 N–H and O–H groups in total. The van der Waals surface area contributed by atoms with Gasteiger partial charge in [-0.15, -0.1) is 0 Å². The molecule has 3 rings (SSSR count). The maximum absolute atomic E-state index is 14.6. The first kappa shape index (κ1) is 15.6.